The first-order valence-electron chi connectivity index (χ1n) is 10.6. The van der Waals surface area contributed by atoms with E-state index in [0.29, 0.717) is 5.92 Å². The number of nitrogens with one attached hydrogen (secondary N) is 1. The van der Waals surface area contributed by atoms with Crippen molar-refractivity contribution in [1.82, 2.24) is 10.2 Å². The van der Waals surface area contributed by atoms with Crippen LogP contribution in [0.4, 0.5) is 0 Å². The van der Waals surface area contributed by atoms with Gasteiger partial charge in [0.2, 0.25) is 5.91 Å². The Balaban J connectivity index is 1.53. The molecule has 1 atom stereocenters. The van der Waals surface area contributed by atoms with Gasteiger partial charge in [0.05, 0.1) is 6.04 Å². The van der Waals surface area contributed by atoms with Crippen molar-refractivity contribution in [2.24, 2.45) is 11.8 Å². The second-order valence-electron chi connectivity index (χ2n) is 8.64. The van der Waals surface area contributed by atoms with Crippen LogP contribution in [0.1, 0.15) is 55.8 Å². The maximum absolute atomic E-state index is 12.9. The molecule has 0 aliphatic carbocycles. The first-order valence-corrected chi connectivity index (χ1v) is 10.6. The molecule has 3 nitrogen and oxygen atoms in total. The number of hydrogen-bond acceptors (Lipinski definition) is 2. The molecular weight excluding hydrogens is 344 g/mol. The smallest absolute Gasteiger partial charge is 0.223 e. The number of amides is 1. The van der Waals surface area contributed by atoms with Crippen molar-refractivity contribution < 1.29 is 4.79 Å². The molecule has 0 aromatic heterocycles. The number of carbonyl (C=O) groups excluding carboxylic acids is 1. The molecule has 3 heteroatoms. The summed E-state index contributed by atoms with van der Waals surface area (Å²) >= 11 is 0. The highest BCUT2D eigenvalue weighted by atomic mass is 16.1. The van der Waals surface area contributed by atoms with E-state index in [9.17, 15) is 4.79 Å². The average molecular weight is 379 g/mol. The Morgan fingerprint density at radius 3 is 2.43 bits per heavy atom. The molecule has 0 radical (unpaired) electrons. The number of benzene rings is 2. The van der Waals surface area contributed by atoms with Gasteiger partial charge in [0.1, 0.15) is 0 Å². The first kappa shape index (κ1) is 20.6. The summed E-state index contributed by atoms with van der Waals surface area (Å²) in [5.74, 6) is 0.901. The van der Waals surface area contributed by atoms with Crippen molar-refractivity contribution in [3.8, 4) is 0 Å². The van der Waals surface area contributed by atoms with E-state index in [4.69, 9.17) is 0 Å². The summed E-state index contributed by atoms with van der Waals surface area (Å²) in [6.07, 6.45) is 2.86. The first-order chi connectivity index (χ1) is 13.5. The van der Waals surface area contributed by atoms with E-state index >= 15 is 0 Å². The van der Waals surface area contributed by atoms with E-state index in [2.05, 4.69) is 79.5 Å². The third-order valence-electron chi connectivity index (χ3n) is 5.67. The molecule has 1 amide bonds. The molecule has 1 N–H and O–H groups in total. The number of nitrogens with zero attached hydrogens (tertiary/aromatic N) is 1. The van der Waals surface area contributed by atoms with Crippen LogP contribution in [-0.4, -0.2) is 23.9 Å². The largest absolute Gasteiger partial charge is 0.349 e. The van der Waals surface area contributed by atoms with Gasteiger partial charge in [-0.15, -0.1) is 0 Å². The molecule has 0 bridgehead atoms. The van der Waals surface area contributed by atoms with Gasteiger partial charge in [-0.25, -0.2) is 0 Å². The highest BCUT2D eigenvalue weighted by Gasteiger charge is 2.27. The van der Waals surface area contributed by atoms with E-state index in [-0.39, 0.29) is 17.9 Å². The van der Waals surface area contributed by atoms with Gasteiger partial charge in [-0.05, 0) is 56.3 Å². The van der Waals surface area contributed by atoms with Crippen LogP contribution in [-0.2, 0) is 11.3 Å². The Morgan fingerprint density at radius 2 is 1.79 bits per heavy atom. The van der Waals surface area contributed by atoms with E-state index in [0.717, 1.165) is 38.9 Å². The molecular formula is C25H34N2O. The molecule has 0 saturated carbocycles. The highest BCUT2D eigenvalue weighted by Crippen LogP contribution is 2.24. The molecule has 1 fully saturated rings. The lowest BCUT2D eigenvalue weighted by atomic mass is 9.92. The van der Waals surface area contributed by atoms with Crippen LogP contribution in [0.2, 0.25) is 0 Å². The molecule has 1 saturated heterocycles. The summed E-state index contributed by atoms with van der Waals surface area (Å²) in [5.41, 5.74) is 3.88. The molecule has 1 heterocycles. The predicted octanol–water partition coefficient (Wildman–Crippen LogP) is 5.11. The zero-order valence-electron chi connectivity index (χ0n) is 17.5. The number of rotatable bonds is 7. The summed E-state index contributed by atoms with van der Waals surface area (Å²) in [4.78, 5) is 15.4. The van der Waals surface area contributed by atoms with Crippen LogP contribution in [0.15, 0.2) is 54.6 Å². The summed E-state index contributed by atoms with van der Waals surface area (Å²) < 4.78 is 0. The van der Waals surface area contributed by atoms with Gasteiger partial charge in [0.15, 0.2) is 0 Å². The van der Waals surface area contributed by atoms with E-state index in [1.165, 1.54) is 16.7 Å². The lowest BCUT2D eigenvalue weighted by Crippen LogP contribution is -2.41. The number of piperidine rings is 1. The molecule has 1 aliphatic heterocycles. The summed E-state index contributed by atoms with van der Waals surface area (Å²) in [6, 6.07) is 19.2. The van der Waals surface area contributed by atoms with Crippen LogP contribution in [0.5, 0.6) is 0 Å². The molecule has 3 rings (SSSR count). The summed E-state index contributed by atoms with van der Waals surface area (Å²) in [7, 11) is 0. The van der Waals surface area contributed by atoms with Crippen molar-refractivity contribution in [2.75, 3.05) is 13.1 Å². The minimum atomic E-state index is 0.110. The van der Waals surface area contributed by atoms with Gasteiger partial charge in [-0.2, -0.15) is 0 Å². The van der Waals surface area contributed by atoms with Crippen LogP contribution in [0.3, 0.4) is 0 Å². The third kappa shape index (κ3) is 5.93. The maximum atomic E-state index is 12.9. The lowest BCUT2D eigenvalue weighted by Gasteiger charge is -2.32. The Labute approximate surface area is 170 Å². The van der Waals surface area contributed by atoms with Gasteiger partial charge in [-0.1, -0.05) is 74.0 Å². The van der Waals surface area contributed by atoms with E-state index in [1.807, 2.05) is 6.07 Å². The van der Waals surface area contributed by atoms with Crippen LogP contribution < -0.4 is 5.32 Å². The Hall–Kier alpha value is -2.13. The Morgan fingerprint density at radius 1 is 1.07 bits per heavy atom. The predicted molar refractivity (Wildman–Crippen MR) is 116 cm³/mol. The minimum absolute atomic E-state index is 0.110. The second kappa shape index (κ2) is 9.88. The van der Waals surface area contributed by atoms with Gasteiger partial charge >= 0.3 is 0 Å². The Kier molecular flexibility index (Phi) is 7.27. The fraction of sp³-hybridized carbons (Fsp3) is 0.480. The van der Waals surface area contributed by atoms with Crippen molar-refractivity contribution >= 4 is 5.91 Å². The molecule has 2 aromatic carbocycles. The molecule has 1 aliphatic rings. The molecule has 28 heavy (non-hydrogen) atoms. The molecule has 0 spiro atoms. The van der Waals surface area contributed by atoms with Crippen molar-refractivity contribution in [3.63, 3.8) is 0 Å². The zero-order chi connectivity index (χ0) is 19.9. The second-order valence-corrected chi connectivity index (χ2v) is 8.64. The number of hydrogen-bond donors (Lipinski definition) is 1. The van der Waals surface area contributed by atoms with Gasteiger partial charge in [0.25, 0.3) is 0 Å². The lowest BCUT2D eigenvalue weighted by molar-refractivity contribution is -0.127. The van der Waals surface area contributed by atoms with Crippen LogP contribution in [0.25, 0.3) is 0 Å². The maximum Gasteiger partial charge on any atom is 0.223 e. The fourth-order valence-electron chi connectivity index (χ4n) is 4.15. The average Bonchev–Trinajstić information content (AvgIpc) is 2.68. The van der Waals surface area contributed by atoms with Gasteiger partial charge < -0.3 is 5.32 Å². The number of aryl methyl sites for hydroxylation is 1. The van der Waals surface area contributed by atoms with Crippen LogP contribution in [0, 0.1) is 18.8 Å². The van der Waals surface area contributed by atoms with Crippen LogP contribution >= 0.6 is 0 Å². The minimum Gasteiger partial charge on any atom is -0.349 e. The Bertz CT molecular complexity index is 748. The monoisotopic (exact) mass is 378 g/mol. The zero-order valence-corrected chi connectivity index (χ0v) is 17.5. The van der Waals surface area contributed by atoms with Crippen molar-refractivity contribution in [1.29, 1.82) is 0 Å². The SMILES string of the molecule is Cc1cccc(CN2CCC(C(=O)NC(CC(C)C)c3ccccc3)CC2)c1. The van der Waals surface area contributed by atoms with Gasteiger partial charge in [-0.3, -0.25) is 9.69 Å². The number of likely N-dealkylation sites (tertiary alicyclic amines) is 1. The topological polar surface area (TPSA) is 32.3 Å². The third-order valence-corrected chi connectivity index (χ3v) is 5.67. The van der Waals surface area contributed by atoms with Crippen molar-refractivity contribution in [3.05, 3.63) is 71.3 Å². The summed E-state index contributed by atoms with van der Waals surface area (Å²) in [6.45, 7) is 9.53. The van der Waals surface area contributed by atoms with E-state index < -0.39 is 0 Å². The fourth-order valence-corrected chi connectivity index (χ4v) is 4.15. The van der Waals surface area contributed by atoms with Crippen molar-refractivity contribution in [2.45, 2.75) is 52.6 Å². The number of carbonyl (C=O) groups is 1. The van der Waals surface area contributed by atoms with Gasteiger partial charge in [0, 0.05) is 12.5 Å². The molecule has 1 unspecified atom stereocenters. The van der Waals surface area contributed by atoms with E-state index in [1.54, 1.807) is 0 Å². The normalized spacial score (nSPS) is 16.9. The summed E-state index contributed by atoms with van der Waals surface area (Å²) in [5, 5.41) is 3.35. The quantitative estimate of drug-likeness (QED) is 0.726. The standard InChI is InChI=1S/C25H34N2O/c1-19(2)16-24(22-10-5-4-6-11-22)26-25(28)23-12-14-27(15-13-23)18-21-9-7-8-20(3)17-21/h4-11,17,19,23-24H,12-16,18H2,1-3H3,(H,26,28). The molecule has 150 valence electrons. The highest BCUT2D eigenvalue weighted by molar-refractivity contribution is 5.79. The molecule has 2 aromatic rings.